The zero-order chi connectivity index (χ0) is 12.3. The summed E-state index contributed by atoms with van der Waals surface area (Å²) in [5.74, 6) is -0.744. The second kappa shape index (κ2) is 5.27. The molecule has 3 nitrogen and oxygen atoms in total. The molecule has 92 valence electrons. The number of nitrogens with zero attached hydrogens (tertiary/aromatic N) is 1. The lowest BCUT2D eigenvalue weighted by molar-refractivity contribution is -0.147. The zero-order valence-corrected chi connectivity index (χ0v) is 9.86. The first-order valence-electron chi connectivity index (χ1n) is 5.80. The number of carbonyl (C=O) groups is 1. The summed E-state index contributed by atoms with van der Waals surface area (Å²) in [7, 11) is 1.34. The highest BCUT2D eigenvalue weighted by Gasteiger charge is 2.32. The van der Waals surface area contributed by atoms with Crippen molar-refractivity contribution in [1.29, 1.82) is 0 Å². The molecular weight excluding hydrogens is 221 g/mol. The minimum Gasteiger partial charge on any atom is -0.468 e. The minimum absolute atomic E-state index is 0.352. The average Bonchev–Trinajstić information content (AvgIpc) is 2.85. The fourth-order valence-electron chi connectivity index (χ4n) is 2.28. The van der Waals surface area contributed by atoms with Crippen LogP contribution in [0.3, 0.4) is 0 Å². The highest BCUT2D eigenvalue weighted by atomic mass is 19.1. The fraction of sp³-hybridized carbons (Fsp3) is 0.462. The predicted molar refractivity (Wildman–Crippen MR) is 62.0 cm³/mol. The number of esters is 1. The zero-order valence-electron chi connectivity index (χ0n) is 9.86. The SMILES string of the molecule is COC(=O)[C@@H](c1ccccc1F)N1CCCC1. The van der Waals surface area contributed by atoms with Crippen molar-refractivity contribution in [1.82, 2.24) is 4.90 Å². The van der Waals surface area contributed by atoms with Gasteiger partial charge in [0.05, 0.1) is 7.11 Å². The topological polar surface area (TPSA) is 29.5 Å². The Morgan fingerprint density at radius 2 is 2.00 bits per heavy atom. The molecule has 2 rings (SSSR count). The monoisotopic (exact) mass is 237 g/mol. The van der Waals surface area contributed by atoms with Gasteiger partial charge in [0.25, 0.3) is 0 Å². The van der Waals surface area contributed by atoms with Crippen LogP contribution in [0, 0.1) is 5.82 Å². The molecule has 0 amide bonds. The molecule has 1 aliphatic rings. The van der Waals surface area contributed by atoms with Crippen molar-refractivity contribution in [2.75, 3.05) is 20.2 Å². The first-order valence-corrected chi connectivity index (χ1v) is 5.80. The maximum Gasteiger partial charge on any atom is 0.327 e. The summed E-state index contributed by atoms with van der Waals surface area (Å²) in [5, 5.41) is 0. The van der Waals surface area contributed by atoms with Crippen molar-refractivity contribution >= 4 is 5.97 Å². The van der Waals surface area contributed by atoms with E-state index in [-0.39, 0.29) is 5.82 Å². The van der Waals surface area contributed by atoms with E-state index in [1.54, 1.807) is 18.2 Å². The molecule has 1 aromatic rings. The van der Waals surface area contributed by atoms with Gasteiger partial charge in [-0.3, -0.25) is 4.90 Å². The van der Waals surface area contributed by atoms with Crippen molar-refractivity contribution in [2.45, 2.75) is 18.9 Å². The van der Waals surface area contributed by atoms with Crippen molar-refractivity contribution in [3.8, 4) is 0 Å². The third-order valence-electron chi connectivity index (χ3n) is 3.13. The normalized spacial score (nSPS) is 18.0. The maximum atomic E-state index is 13.8. The molecule has 4 heteroatoms. The van der Waals surface area contributed by atoms with E-state index in [1.165, 1.54) is 13.2 Å². The van der Waals surface area contributed by atoms with Crippen molar-refractivity contribution in [3.05, 3.63) is 35.6 Å². The Balaban J connectivity index is 2.32. The number of ether oxygens (including phenoxy) is 1. The van der Waals surface area contributed by atoms with Gasteiger partial charge in [-0.2, -0.15) is 0 Å². The van der Waals surface area contributed by atoms with Crippen LogP contribution in [0.15, 0.2) is 24.3 Å². The van der Waals surface area contributed by atoms with Crippen molar-refractivity contribution in [2.24, 2.45) is 0 Å². The van der Waals surface area contributed by atoms with Crippen molar-refractivity contribution < 1.29 is 13.9 Å². The third-order valence-corrected chi connectivity index (χ3v) is 3.13. The summed E-state index contributed by atoms with van der Waals surface area (Å²) in [6, 6.07) is 5.78. The van der Waals surface area contributed by atoms with Crippen LogP contribution in [0.2, 0.25) is 0 Å². The Bertz CT molecular complexity index is 402. The Hall–Kier alpha value is -1.42. The molecule has 1 atom stereocenters. The van der Waals surface area contributed by atoms with E-state index in [2.05, 4.69) is 0 Å². The standard InChI is InChI=1S/C13H16FNO2/c1-17-13(16)12(15-8-4-5-9-15)10-6-2-3-7-11(10)14/h2-3,6-7,12H,4-5,8-9H2,1H3/t12-/m1/s1. The van der Waals surface area contributed by atoms with Gasteiger partial charge in [-0.25, -0.2) is 9.18 Å². The largest absolute Gasteiger partial charge is 0.468 e. The van der Waals surface area contributed by atoms with Crippen LogP contribution in [-0.2, 0) is 9.53 Å². The predicted octanol–water partition coefficient (Wildman–Crippen LogP) is 2.14. The van der Waals surface area contributed by atoms with Gasteiger partial charge in [-0.15, -0.1) is 0 Å². The molecule has 1 heterocycles. The lowest BCUT2D eigenvalue weighted by atomic mass is 10.1. The number of benzene rings is 1. The molecule has 1 aliphatic heterocycles. The molecule has 0 aliphatic carbocycles. The maximum absolute atomic E-state index is 13.8. The molecule has 1 saturated heterocycles. The first kappa shape index (κ1) is 12.0. The summed E-state index contributed by atoms with van der Waals surface area (Å²) in [5.41, 5.74) is 0.404. The molecule has 17 heavy (non-hydrogen) atoms. The molecule has 0 bridgehead atoms. The van der Waals surface area contributed by atoms with E-state index in [4.69, 9.17) is 4.74 Å². The minimum atomic E-state index is -0.608. The van der Waals surface area contributed by atoms with Gasteiger partial charge < -0.3 is 4.74 Å². The van der Waals surface area contributed by atoms with Crippen LogP contribution in [0.5, 0.6) is 0 Å². The van der Waals surface area contributed by atoms with Crippen LogP contribution in [-0.4, -0.2) is 31.1 Å². The van der Waals surface area contributed by atoms with E-state index in [9.17, 15) is 9.18 Å². The molecular formula is C13H16FNO2. The third kappa shape index (κ3) is 2.47. The van der Waals surface area contributed by atoms with E-state index < -0.39 is 12.0 Å². The van der Waals surface area contributed by atoms with Gasteiger partial charge in [0.15, 0.2) is 0 Å². The smallest absolute Gasteiger partial charge is 0.327 e. The van der Waals surface area contributed by atoms with E-state index in [0.29, 0.717) is 5.56 Å². The number of hydrogen-bond acceptors (Lipinski definition) is 3. The van der Waals surface area contributed by atoms with Gasteiger partial charge in [0.2, 0.25) is 0 Å². The first-order chi connectivity index (χ1) is 8.24. The second-order valence-corrected chi connectivity index (χ2v) is 4.19. The lowest BCUT2D eigenvalue weighted by Crippen LogP contribution is -2.33. The Labute approximate surface area is 100 Å². The molecule has 0 unspecified atom stereocenters. The molecule has 0 radical (unpaired) electrons. The highest BCUT2D eigenvalue weighted by Crippen LogP contribution is 2.27. The van der Waals surface area contributed by atoms with Crippen LogP contribution >= 0.6 is 0 Å². The summed E-state index contributed by atoms with van der Waals surface area (Å²) >= 11 is 0. The quantitative estimate of drug-likeness (QED) is 0.754. The Morgan fingerprint density at radius 1 is 1.35 bits per heavy atom. The van der Waals surface area contributed by atoms with Crippen molar-refractivity contribution in [3.63, 3.8) is 0 Å². The summed E-state index contributed by atoms with van der Waals surface area (Å²) in [6.45, 7) is 1.63. The van der Waals surface area contributed by atoms with Gasteiger partial charge in [0, 0.05) is 5.56 Å². The van der Waals surface area contributed by atoms with Gasteiger partial charge in [-0.1, -0.05) is 18.2 Å². The van der Waals surface area contributed by atoms with Gasteiger partial charge in [-0.05, 0) is 32.0 Å². The number of carbonyl (C=O) groups excluding carboxylic acids is 1. The number of methoxy groups -OCH3 is 1. The Morgan fingerprint density at radius 3 is 2.59 bits per heavy atom. The number of rotatable bonds is 3. The number of likely N-dealkylation sites (tertiary alicyclic amines) is 1. The van der Waals surface area contributed by atoms with E-state index in [1.807, 2.05) is 4.90 Å². The van der Waals surface area contributed by atoms with Gasteiger partial charge >= 0.3 is 5.97 Å². The molecule has 0 aromatic heterocycles. The van der Waals surface area contributed by atoms with Crippen LogP contribution in [0.4, 0.5) is 4.39 Å². The molecule has 1 fully saturated rings. The average molecular weight is 237 g/mol. The van der Waals surface area contributed by atoms with Crippen LogP contribution in [0.1, 0.15) is 24.4 Å². The lowest BCUT2D eigenvalue weighted by Gasteiger charge is -2.25. The molecule has 0 N–H and O–H groups in total. The second-order valence-electron chi connectivity index (χ2n) is 4.19. The van der Waals surface area contributed by atoms with E-state index >= 15 is 0 Å². The van der Waals surface area contributed by atoms with Crippen LogP contribution < -0.4 is 0 Å². The van der Waals surface area contributed by atoms with Gasteiger partial charge in [0.1, 0.15) is 11.9 Å². The summed E-state index contributed by atoms with van der Waals surface area (Å²) < 4.78 is 18.5. The molecule has 0 saturated carbocycles. The number of hydrogen-bond donors (Lipinski definition) is 0. The number of halogens is 1. The molecule has 0 spiro atoms. The molecule has 1 aromatic carbocycles. The Kier molecular flexibility index (Phi) is 3.74. The van der Waals surface area contributed by atoms with E-state index in [0.717, 1.165) is 25.9 Å². The fourth-order valence-corrected chi connectivity index (χ4v) is 2.28. The summed E-state index contributed by atoms with van der Waals surface area (Å²) in [6.07, 6.45) is 2.09. The van der Waals surface area contributed by atoms with Crippen LogP contribution in [0.25, 0.3) is 0 Å². The highest BCUT2D eigenvalue weighted by molar-refractivity contribution is 5.77. The summed E-state index contributed by atoms with van der Waals surface area (Å²) in [4.78, 5) is 13.8.